The molecule has 3 nitrogen and oxygen atoms in total. The molecule has 0 N–H and O–H groups in total. The van der Waals surface area contributed by atoms with Crippen molar-refractivity contribution in [1.82, 2.24) is 4.90 Å². The van der Waals surface area contributed by atoms with E-state index in [1.807, 2.05) is 72.8 Å². The molecule has 1 atom stereocenters. The number of rotatable bonds is 3. The van der Waals surface area contributed by atoms with Gasteiger partial charge in [-0.25, -0.2) is 0 Å². The fourth-order valence-corrected chi connectivity index (χ4v) is 4.45. The van der Waals surface area contributed by atoms with Crippen LogP contribution >= 0.6 is 0 Å². The van der Waals surface area contributed by atoms with Gasteiger partial charge >= 0.3 is 0 Å². The van der Waals surface area contributed by atoms with Crippen LogP contribution in [0.2, 0.25) is 0 Å². The maximum atomic E-state index is 13.6. The first kappa shape index (κ1) is 18.8. The predicted octanol–water partition coefficient (Wildman–Crippen LogP) is 5.93. The standard InChI is InChI=1S/C28H20N2O/c29-20-28(19-24-14-8-13-21-9-4-6-15-25(21)24)26-16-7-5-10-22(26)17-18-30(28)27(31)23-11-2-1-3-12-23/h1-18H,19H2. The second-order valence-electron chi connectivity index (χ2n) is 7.73. The van der Waals surface area contributed by atoms with Crippen molar-refractivity contribution in [3.8, 4) is 6.07 Å². The monoisotopic (exact) mass is 400 g/mol. The molecule has 0 saturated carbocycles. The van der Waals surface area contributed by atoms with Crippen molar-refractivity contribution < 1.29 is 4.79 Å². The Morgan fingerprint density at radius 1 is 0.839 bits per heavy atom. The molecular weight excluding hydrogens is 380 g/mol. The van der Waals surface area contributed by atoms with Crippen LogP contribution in [0.25, 0.3) is 16.8 Å². The number of carbonyl (C=O) groups is 1. The molecule has 1 aliphatic rings. The first-order chi connectivity index (χ1) is 15.2. The Bertz CT molecular complexity index is 1350. The van der Waals surface area contributed by atoms with E-state index in [4.69, 9.17) is 0 Å². The Morgan fingerprint density at radius 2 is 1.55 bits per heavy atom. The highest BCUT2D eigenvalue weighted by atomic mass is 16.2. The molecule has 0 saturated heterocycles. The molecule has 1 unspecified atom stereocenters. The lowest BCUT2D eigenvalue weighted by atomic mass is 9.78. The largest absolute Gasteiger partial charge is 0.291 e. The van der Waals surface area contributed by atoms with Gasteiger partial charge in [0.15, 0.2) is 5.54 Å². The molecule has 1 amide bonds. The van der Waals surface area contributed by atoms with Gasteiger partial charge in [0.25, 0.3) is 5.91 Å². The lowest BCUT2D eigenvalue weighted by Crippen LogP contribution is -2.49. The molecule has 0 radical (unpaired) electrons. The molecule has 0 spiro atoms. The predicted molar refractivity (Wildman–Crippen MR) is 123 cm³/mol. The lowest BCUT2D eigenvalue weighted by molar-refractivity contribution is 0.0697. The average Bonchev–Trinajstić information content (AvgIpc) is 2.84. The Hall–Kier alpha value is -4.16. The second kappa shape index (κ2) is 7.59. The zero-order chi connectivity index (χ0) is 21.3. The smallest absolute Gasteiger partial charge is 0.259 e. The summed E-state index contributed by atoms with van der Waals surface area (Å²) in [5.41, 5.74) is 2.25. The minimum absolute atomic E-state index is 0.187. The van der Waals surface area contributed by atoms with Crippen LogP contribution in [-0.2, 0) is 12.0 Å². The number of amides is 1. The number of benzene rings is 4. The molecule has 1 heterocycles. The van der Waals surface area contributed by atoms with Gasteiger partial charge in [-0.2, -0.15) is 5.26 Å². The quantitative estimate of drug-likeness (QED) is 0.428. The summed E-state index contributed by atoms with van der Waals surface area (Å²) in [5.74, 6) is -0.187. The molecule has 0 aliphatic carbocycles. The third-order valence-electron chi connectivity index (χ3n) is 5.97. The van der Waals surface area contributed by atoms with Crippen LogP contribution in [0.5, 0.6) is 0 Å². The molecule has 0 aromatic heterocycles. The number of hydrogen-bond acceptors (Lipinski definition) is 2. The van der Waals surface area contributed by atoms with Crippen LogP contribution in [0.1, 0.15) is 27.0 Å². The molecule has 5 rings (SSSR count). The Labute approximate surface area is 181 Å². The number of nitrogens with zero attached hydrogens (tertiary/aromatic N) is 2. The van der Waals surface area contributed by atoms with Crippen molar-refractivity contribution in [2.24, 2.45) is 0 Å². The zero-order valence-electron chi connectivity index (χ0n) is 16.9. The number of carbonyl (C=O) groups excluding carboxylic acids is 1. The van der Waals surface area contributed by atoms with Crippen LogP contribution in [0.15, 0.2) is 103 Å². The van der Waals surface area contributed by atoms with Crippen LogP contribution in [0.4, 0.5) is 0 Å². The van der Waals surface area contributed by atoms with E-state index in [0.717, 1.165) is 27.5 Å². The average molecular weight is 400 g/mol. The van der Waals surface area contributed by atoms with Crippen LogP contribution < -0.4 is 0 Å². The highest BCUT2D eigenvalue weighted by Gasteiger charge is 2.44. The van der Waals surface area contributed by atoms with Gasteiger partial charge in [0.2, 0.25) is 0 Å². The van der Waals surface area contributed by atoms with Crippen molar-refractivity contribution >= 4 is 22.8 Å². The van der Waals surface area contributed by atoms with Crippen LogP contribution in [0, 0.1) is 11.3 Å². The van der Waals surface area contributed by atoms with Gasteiger partial charge in [-0.1, -0.05) is 84.9 Å². The van der Waals surface area contributed by atoms with E-state index in [1.54, 1.807) is 23.2 Å². The summed E-state index contributed by atoms with van der Waals surface area (Å²) in [5, 5.41) is 12.8. The van der Waals surface area contributed by atoms with Crippen LogP contribution in [0.3, 0.4) is 0 Å². The van der Waals surface area contributed by atoms with E-state index >= 15 is 0 Å². The first-order valence-corrected chi connectivity index (χ1v) is 10.3. The van der Waals surface area contributed by atoms with Gasteiger partial charge < -0.3 is 0 Å². The number of fused-ring (bicyclic) bond motifs is 2. The lowest BCUT2D eigenvalue weighted by Gasteiger charge is -2.40. The summed E-state index contributed by atoms with van der Waals surface area (Å²) in [7, 11) is 0. The second-order valence-corrected chi connectivity index (χ2v) is 7.73. The summed E-state index contributed by atoms with van der Waals surface area (Å²) >= 11 is 0. The van der Waals surface area contributed by atoms with Crippen molar-refractivity contribution in [2.75, 3.05) is 0 Å². The molecule has 0 bridgehead atoms. The highest BCUT2D eigenvalue weighted by molar-refractivity contribution is 5.97. The Balaban J connectivity index is 1.70. The molecule has 3 heteroatoms. The van der Waals surface area contributed by atoms with Gasteiger partial charge in [0.1, 0.15) is 0 Å². The minimum atomic E-state index is -1.15. The molecule has 148 valence electrons. The van der Waals surface area contributed by atoms with Gasteiger partial charge in [-0.3, -0.25) is 9.69 Å². The van der Waals surface area contributed by atoms with Gasteiger partial charge in [-0.05, 0) is 45.7 Å². The molecule has 4 aromatic rings. The third-order valence-corrected chi connectivity index (χ3v) is 5.97. The molecular formula is C28H20N2O. The Kier molecular flexibility index (Phi) is 4.61. The summed E-state index contributed by atoms with van der Waals surface area (Å²) in [4.78, 5) is 15.2. The SMILES string of the molecule is N#CC1(Cc2cccc3ccccc23)c2ccccc2C=CN1C(=O)c1ccccc1. The minimum Gasteiger partial charge on any atom is -0.291 e. The summed E-state index contributed by atoms with van der Waals surface area (Å²) in [6, 6.07) is 33.8. The van der Waals surface area contributed by atoms with E-state index in [9.17, 15) is 10.1 Å². The summed E-state index contributed by atoms with van der Waals surface area (Å²) < 4.78 is 0. The summed E-state index contributed by atoms with van der Waals surface area (Å²) in [6.45, 7) is 0. The van der Waals surface area contributed by atoms with Crippen molar-refractivity contribution in [1.29, 1.82) is 5.26 Å². The fraction of sp³-hybridized carbons (Fsp3) is 0.0714. The normalized spacial score (nSPS) is 17.2. The zero-order valence-corrected chi connectivity index (χ0v) is 16.9. The van der Waals surface area contributed by atoms with Crippen molar-refractivity contribution in [2.45, 2.75) is 12.0 Å². The van der Waals surface area contributed by atoms with Gasteiger partial charge in [0.05, 0.1) is 6.07 Å². The summed E-state index contributed by atoms with van der Waals surface area (Å²) in [6.07, 6.45) is 4.06. The van der Waals surface area contributed by atoms with Crippen molar-refractivity contribution in [3.05, 3.63) is 126 Å². The number of nitriles is 1. The van der Waals surface area contributed by atoms with Crippen molar-refractivity contribution in [3.63, 3.8) is 0 Å². The molecule has 1 aliphatic heterocycles. The van der Waals surface area contributed by atoms with E-state index in [-0.39, 0.29) is 5.91 Å². The van der Waals surface area contributed by atoms with E-state index in [2.05, 4.69) is 24.3 Å². The third kappa shape index (κ3) is 3.10. The fourth-order valence-electron chi connectivity index (χ4n) is 4.45. The first-order valence-electron chi connectivity index (χ1n) is 10.3. The topological polar surface area (TPSA) is 44.1 Å². The van der Waals surface area contributed by atoms with Gasteiger partial charge in [-0.15, -0.1) is 0 Å². The van der Waals surface area contributed by atoms with E-state index in [1.165, 1.54) is 0 Å². The maximum absolute atomic E-state index is 13.6. The highest BCUT2D eigenvalue weighted by Crippen LogP contribution is 2.40. The molecule has 31 heavy (non-hydrogen) atoms. The van der Waals surface area contributed by atoms with Crippen LogP contribution in [-0.4, -0.2) is 10.8 Å². The molecule has 4 aromatic carbocycles. The number of hydrogen-bond donors (Lipinski definition) is 0. The molecule has 0 fully saturated rings. The Morgan fingerprint density at radius 3 is 2.39 bits per heavy atom. The van der Waals surface area contributed by atoms with E-state index in [0.29, 0.717) is 12.0 Å². The van der Waals surface area contributed by atoms with Gasteiger partial charge in [0, 0.05) is 18.2 Å². The van der Waals surface area contributed by atoms with E-state index < -0.39 is 5.54 Å². The maximum Gasteiger partial charge on any atom is 0.259 e.